The molecule has 5 nitrogen and oxygen atoms in total. The SMILES string of the molecule is Cc1nc(-c2cn(C)nn2)oc1CCl. The van der Waals surface area contributed by atoms with Crippen LogP contribution in [0.25, 0.3) is 11.6 Å². The van der Waals surface area contributed by atoms with E-state index >= 15 is 0 Å². The van der Waals surface area contributed by atoms with E-state index in [1.165, 1.54) is 0 Å². The standard InChI is InChI=1S/C8H9ClN4O/c1-5-7(3-9)14-8(10-5)6-4-13(2)12-11-6/h4H,3H2,1-2H3. The predicted octanol–water partition coefficient (Wildman–Crippen LogP) is 1.52. The van der Waals surface area contributed by atoms with Gasteiger partial charge in [0.25, 0.3) is 0 Å². The third-order valence-electron chi connectivity index (χ3n) is 1.84. The summed E-state index contributed by atoms with van der Waals surface area (Å²) < 4.78 is 7.00. The Labute approximate surface area is 85.7 Å². The Balaban J connectivity index is 2.42. The minimum atomic E-state index is 0.319. The monoisotopic (exact) mass is 212 g/mol. The third kappa shape index (κ3) is 1.50. The van der Waals surface area contributed by atoms with Gasteiger partial charge in [-0.05, 0) is 6.92 Å². The van der Waals surface area contributed by atoms with E-state index in [9.17, 15) is 0 Å². The largest absolute Gasteiger partial charge is 0.438 e. The van der Waals surface area contributed by atoms with Crippen molar-refractivity contribution in [3.05, 3.63) is 17.7 Å². The van der Waals surface area contributed by atoms with Gasteiger partial charge in [-0.3, -0.25) is 4.68 Å². The molecule has 2 aromatic rings. The molecule has 0 bridgehead atoms. The van der Waals surface area contributed by atoms with Crippen LogP contribution < -0.4 is 0 Å². The minimum absolute atomic E-state index is 0.319. The molecule has 0 aromatic carbocycles. The molecule has 0 radical (unpaired) electrons. The second-order valence-electron chi connectivity index (χ2n) is 2.94. The summed E-state index contributed by atoms with van der Waals surface area (Å²) >= 11 is 5.66. The molecule has 14 heavy (non-hydrogen) atoms. The zero-order valence-electron chi connectivity index (χ0n) is 7.86. The maximum absolute atomic E-state index is 5.66. The number of aryl methyl sites for hydroxylation is 2. The summed E-state index contributed by atoms with van der Waals surface area (Å²) in [5.41, 5.74) is 1.41. The number of nitrogens with zero attached hydrogens (tertiary/aromatic N) is 4. The lowest BCUT2D eigenvalue weighted by Gasteiger charge is -1.85. The first-order chi connectivity index (χ1) is 6.70. The molecule has 0 aliphatic heterocycles. The van der Waals surface area contributed by atoms with Crippen molar-refractivity contribution in [2.24, 2.45) is 7.05 Å². The Morgan fingerprint density at radius 1 is 1.57 bits per heavy atom. The number of hydrogen-bond donors (Lipinski definition) is 0. The summed E-state index contributed by atoms with van der Waals surface area (Å²) in [6, 6.07) is 0. The molecule has 0 fully saturated rings. The Hall–Kier alpha value is -1.36. The molecule has 0 saturated carbocycles. The van der Waals surface area contributed by atoms with Crippen LogP contribution in [0.2, 0.25) is 0 Å². The van der Waals surface area contributed by atoms with E-state index in [1.54, 1.807) is 17.9 Å². The zero-order valence-corrected chi connectivity index (χ0v) is 8.62. The molecule has 0 unspecified atom stereocenters. The normalized spacial score (nSPS) is 10.8. The van der Waals surface area contributed by atoms with E-state index < -0.39 is 0 Å². The van der Waals surface area contributed by atoms with Crippen molar-refractivity contribution < 1.29 is 4.42 Å². The summed E-state index contributed by atoms with van der Waals surface area (Å²) in [6.45, 7) is 1.85. The molecule has 0 saturated heterocycles. The van der Waals surface area contributed by atoms with E-state index in [2.05, 4.69) is 15.3 Å². The Kier molecular flexibility index (Phi) is 2.25. The number of oxazole rings is 1. The van der Waals surface area contributed by atoms with E-state index in [0.717, 1.165) is 5.69 Å². The second kappa shape index (κ2) is 3.42. The van der Waals surface area contributed by atoms with Crippen molar-refractivity contribution in [2.45, 2.75) is 12.8 Å². The first-order valence-electron chi connectivity index (χ1n) is 4.09. The smallest absolute Gasteiger partial charge is 0.249 e. The van der Waals surface area contributed by atoms with Gasteiger partial charge in [-0.2, -0.15) is 0 Å². The number of alkyl halides is 1. The Morgan fingerprint density at radius 2 is 2.36 bits per heavy atom. The third-order valence-corrected chi connectivity index (χ3v) is 2.08. The molecule has 6 heteroatoms. The molecule has 2 aromatic heterocycles. The maximum atomic E-state index is 5.66. The molecule has 0 atom stereocenters. The minimum Gasteiger partial charge on any atom is -0.438 e. The lowest BCUT2D eigenvalue weighted by molar-refractivity contribution is 0.533. The number of rotatable bonds is 2. The molecule has 2 rings (SSSR count). The van der Waals surface area contributed by atoms with Crippen LogP contribution in [0.3, 0.4) is 0 Å². The van der Waals surface area contributed by atoms with Crippen LogP contribution in [0.1, 0.15) is 11.5 Å². The molecule has 0 aliphatic carbocycles. The van der Waals surface area contributed by atoms with Crippen molar-refractivity contribution in [1.29, 1.82) is 0 Å². The van der Waals surface area contributed by atoms with E-state index in [-0.39, 0.29) is 0 Å². The highest BCUT2D eigenvalue weighted by molar-refractivity contribution is 6.16. The van der Waals surface area contributed by atoms with Gasteiger partial charge in [0.15, 0.2) is 5.69 Å². The van der Waals surface area contributed by atoms with Crippen molar-refractivity contribution in [1.82, 2.24) is 20.0 Å². The molecular weight excluding hydrogens is 204 g/mol. The highest BCUT2D eigenvalue weighted by Crippen LogP contribution is 2.20. The van der Waals surface area contributed by atoms with Crippen LogP contribution in [0.4, 0.5) is 0 Å². The fourth-order valence-corrected chi connectivity index (χ4v) is 1.35. The van der Waals surface area contributed by atoms with Crippen LogP contribution in [-0.4, -0.2) is 20.0 Å². The van der Waals surface area contributed by atoms with Gasteiger partial charge in [-0.1, -0.05) is 5.21 Å². The molecule has 0 spiro atoms. The quantitative estimate of drug-likeness (QED) is 0.709. The van der Waals surface area contributed by atoms with Crippen molar-refractivity contribution in [3.63, 3.8) is 0 Å². The predicted molar refractivity (Wildman–Crippen MR) is 50.8 cm³/mol. The second-order valence-corrected chi connectivity index (χ2v) is 3.21. The molecule has 0 amide bonds. The topological polar surface area (TPSA) is 56.7 Å². The fourth-order valence-electron chi connectivity index (χ4n) is 1.11. The average molecular weight is 213 g/mol. The van der Waals surface area contributed by atoms with Crippen molar-refractivity contribution >= 4 is 11.6 Å². The summed E-state index contributed by atoms with van der Waals surface area (Å²) in [5, 5.41) is 7.68. The fraction of sp³-hybridized carbons (Fsp3) is 0.375. The van der Waals surface area contributed by atoms with Crippen molar-refractivity contribution in [3.8, 4) is 11.6 Å². The van der Waals surface area contributed by atoms with Gasteiger partial charge in [0.05, 0.1) is 17.8 Å². The van der Waals surface area contributed by atoms with E-state index in [1.807, 2.05) is 6.92 Å². The van der Waals surface area contributed by atoms with Gasteiger partial charge in [0.1, 0.15) is 5.76 Å². The van der Waals surface area contributed by atoms with Crippen molar-refractivity contribution in [2.75, 3.05) is 0 Å². The van der Waals surface area contributed by atoms with Crippen LogP contribution in [0.5, 0.6) is 0 Å². The van der Waals surface area contributed by atoms with E-state index in [4.69, 9.17) is 16.0 Å². The highest BCUT2D eigenvalue weighted by Gasteiger charge is 2.12. The lowest BCUT2D eigenvalue weighted by Crippen LogP contribution is -1.85. The Morgan fingerprint density at radius 3 is 2.86 bits per heavy atom. The van der Waals surface area contributed by atoms with Gasteiger partial charge in [0, 0.05) is 7.05 Å². The zero-order chi connectivity index (χ0) is 10.1. The molecule has 74 valence electrons. The summed E-state index contributed by atoms with van der Waals surface area (Å²) in [4.78, 5) is 4.20. The maximum Gasteiger partial charge on any atom is 0.249 e. The number of aromatic nitrogens is 4. The van der Waals surface area contributed by atoms with E-state index in [0.29, 0.717) is 23.2 Å². The van der Waals surface area contributed by atoms with Gasteiger partial charge in [-0.15, -0.1) is 16.7 Å². The van der Waals surface area contributed by atoms with Crippen LogP contribution in [0, 0.1) is 6.92 Å². The van der Waals surface area contributed by atoms with Gasteiger partial charge in [0.2, 0.25) is 5.89 Å². The van der Waals surface area contributed by atoms with Gasteiger partial charge in [-0.25, -0.2) is 4.98 Å². The Bertz CT molecular complexity index is 448. The molecule has 0 N–H and O–H groups in total. The van der Waals surface area contributed by atoms with Crippen LogP contribution in [-0.2, 0) is 12.9 Å². The highest BCUT2D eigenvalue weighted by atomic mass is 35.5. The van der Waals surface area contributed by atoms with Gasteiger partial charge < -0.3 is 4.42 Å². The molecule has 2 heterocycles. The number of halogens is 1. The molecular formula is C8H9ClN4O. The first kappa shape index (κ1) is 9.21. The summed E-state index contributed by atoms with van der Waals surface area (Å²) in [7, 11) is 1.79. The number of hydrogen-bond acceptors (Lipinski definition) is 4. The molecule has 0 aliphatic rings. The first-order valence-corrected chi connectivity index (χ1v) is 4.63. The lowest BCUT2D eigenvalue weighted by atomic mass is 10.4. The average Bonchev–Trinajstić information content (AvgIpc) is 2.71. The summed E-state index contributed by atoms with van der Waals surface area (Å²) in [6.07, 6.45) is 1.74. The van der Waals surface area contributed by atoms with Crippen LogP contribution in [0.15, 0.2) is 10.6 Å². The van der Waals surface area contributed by atoms with Crippen LogP contribution >= 0.6 is 11.6 Å². The summed E-state index contributed by atoms with van der Waals surface area (Å²) in [5.74, 6) is 1.46. The van der Waals surface area contributed by atoms with Gasteiger partial charge >= 0.3 is 0 Å².